The Morgan fingerprint density at radius 1 is 0.821 bits per heavy atom. The van der Waals surface area contributed by atoms with Crippen LogP contribution in [0.2, 0.25) is 0 Å². The van der Waals surface area contributed by atoms with Crippen LogP contribution >= 0.6 is 11.3 Å². The van der Waals surface area contributed by atoms with E-state index in [1.165, 1.54) is 16.9 Å². The topological polar surface area (TPSA) is 119 Å². The fourth-order valence-electron chi connectivity index (χ4n) is 5.28. The number of thiophene rings is 1. The first-order valence-corrected chi connectivity index (χ1v) is 14.3. The third-order valence-corrected chi connectivity index (χ3v) is 8.53. The summed E-state index contributed by atoms with van der Waals surface area (Å²) < 4.78 is 17.1. The third kappa shape index (κ3) is 4.95. The van der Waals surface area contributed by atoms with Gasteiger partial charge in [0.1, 0.15) is 16.4 Å². The SMILES string of the molecule is O=c1[nH]c(-c2ccc(Oc3nc(N4CCOCC4)nc(N4CCOCC4)n3)cc2)nc2sc3c(c12)CCCC3. The zero-order chi connectivity index (χ0) is 26.2. The molecule has 3 aromatic heterocycles. The van der Waals surface area contributed by atoms with E-state index in [2.05, 4.69) is 24.8 Å². The van der Waals surface area contributed by atoms with E-state index in [1.807, 2.05) is 24.3 Å². The van der Waals surface area contributed by atoms with Crippen molar-refractivity contribution in [3.63, 3.8) is 0 Å². The van der Waals surface area contributed by atoms with Gasteiger partial charge in [-0.15, -0.1) is 11.3 Å². The van der Waals surface area contributed by atoms with Crippen LogP contribution in [0.4, 0.5) is 11.9 Å². The molecule has 202 valence electrons. The van der Waals surface area contributed by atoms with Crippen LogP contribution in [0.5, 0.6) is 11.8 Å². The third-order valence-electron chi connectivity index (χ3n) is 7.34. The maximum atomic E-state index is 13.0. The van der Waals surface area contributed by atoms with Gasteiger partial charge in [0.15, 0.2) is 0 Å². The number of aryl methyl sites for hydroxylation is 2. The lowest BCUT2D eigenvalue weighted by atomic mass is 9.97. The Labute approximate surface area is 228 Å². The van der Waals surface area contributed by atoms with Gasteiger partial charge >= 0.3 is 6.01 Å². The average Bonchev–Trinajstić information content (AvgIpc) is 3.37. The second kappa shape index (κ2) is 10.5. The van der Waals surface area contributed by atoms with Gasteiger partial charge in [0.2, 0.25) is 11.9 Å². The van der Waals surface area contributed by atoms with E-state index < -0.39 is 0 Å². The maximum absolute atomic E-state index is 13.0. The van der Waals surface area contributed by atoms with Crippen molar-refractivity contribution in [3.05, 3.63) is 45.1 Å². The fraction of sp³-hybridized carbons (Fsp3) is 0.444. The zero-order valence-corrected chi connectivity index (χ0v) is 22.3. The van der Waals surface area contributed by atoms with E-state index in [0.29, 0.717) is 76.1 Å². The summed E-state index contributed by atoms with van der Waals surface area (Å²) in [5.41, 5.74) is 1.94. The number of nitrogens with one attached hydrogen (secondary N) is 1. The molecule has 0 saturated carbocycles. The molecule has 3 aliphatic rings. The molecule has 0 spiro atoms. The molecular formula is C27H29N7O4S. The molecule has 1 aromatic carbocycles. The van der Waals surface area contributed by atoms with Gasteiger partial charge in [0.25, 0.3) is 5.56 Å². The molecule has 2 saturated heterocycles. The highest BCUT2D eigenvalue weighted by Crippen LogP contribution is 2.34. The minimum absolute atomic E-state index is 0.0637. The monoisotopic (exact) mass is 547 g/mol. The van der Waals surface area contributed by atoms with Gasteiger partial charge in [-0.1, -0.05) is 0 Å². The highest BCUT2D eigenvalue weighted by molar-refractivity contribution is 7.18. The molecule has 11 nitrogen and oxygen atoms in total. The van der Waals surface area contributed by atoms with Crippen LogP contribution in [0, 0.1) is 0 Å². The number of rotatable bonds is 5. The van der Waals surface area contributed by atoms with E-state index in [4.69, 9.17) is 24.2 Å². The maximum Gasteiger partial charge on any atom is 0.328 e. The summed E-state index contributed by atoms with van der Waals surface area (Å²) in [5.74, 6) is 2.30. The molecule has 2 aliphatic heterocycles. The second-order valence-corrected chi connectivity index (χ2v) is 10.9. The molecule has 0 radical (unpaired) electrons. The molecule has 0 bridgehead atoms. The van der Waals surface area contributed by atoms with Crippen molar-refractivity contribution in [1.29, 1.82) is 0 Å². The van der Waals surface area contributed by atoms with Crippen LogP contribution in [0.3, 0.4) is 0 Å². The average molecular weight is 548 g/mol. The summed E-state index contributed by atoms with van der Waals surface area (Å²) in [7, 11) is 0. The number of nitrogens with zero attached hydrogens (tertiary/aromatic N) is 6. The van der Waals surface area contributed by atoms with Gasteiger partial charge in [0.05, 0.1) is 31.8 Å². The van der Waals surface area contributed by atoms with Gasteiger partial charge < -0.3 is 29.0 Å². The Morgan fingerprint density at radius 3 is 2.13 bits per heavy atom. The molecule has 0 amide bonds. The fourth-order valence-corrected chi connectivity index (χ4v) is 6.54. The van der Waals surface area contributed by atoms with Crippen LogP contribution in [-0.4, -0.2) is 77.5 Å². The molecule has 39 heavy (non-hydrogen) atoms. The number of fused-ring (bicyclic) bond motifs is 3. The zero-order valence-electron chi connectivity index (χ0n) is 21.5. The summed E-state index contributed by atoms with van der Waals surface area (Å²) in [6.45, 7) is 5.37. The van der Waals surface area contributed by atoms with Gasteiger partial charge in [-0.25, -0.2) is 4.98 Å². The molecule has 1 aliphatic carbocycles. The Bertz CT molecular complexity index is 1510. The largest absolute Gasteiger partial charge is 0.424 e. The Morgan fingerprint density at radius 2 is 1.46 bits per heavy atom. The molecule has 0 atom stereocenters. The van der Waals surface area contributed by atoms with Gasteiger partial charge in [-0.05, 0) is 55.5 Å². The lowest BCUT2D eigenvalue weighted by Crippen LogP contribution is -2.40. The highest BCUT2D eigenvalue weighted by Gasteiger charge is 2.22. The van der Waals surface area contributed by atoms with E-state index in [0.717, 1.165) is 35.0 Å². The molecule has 2 fully saturated rings. The first-order chi connectivity index (χ1) is 19.2. The number of H-pyrrole nitrogens is 1. The van der Waals surface area contributed by atoms with E-state index in [9.17, 15) is 4.79 Å². The minimum Gasteiger partial charge on any atom is -0.424 e. The van der Waals surface area contributed by atoms with Crippen molar-refractivity contribution in [1.82, 2.24) is 24.9 Å². The van der Waals surface area contributed by atoms with Crippen LogP contribution in [0.15, 0.2) is 29.1 Å². The minimum atomic E-state index is -0.0637. The number of benzene rings is 1. The summed E-state index contributed by atoms with van der Waals surface area (Å²) in [6.07, 6.45) is 4.30. The predicted octanol–water partition coefficient (Wildman–Crippen LogP) is 3.18. The standard InChI is InChI=1S/C27H29N7O4S/c35-23-21-19-3-1-2-4-20(19)39-24(21)29-22(28-23)17-5-7-18(8-6-17)38-27-31-25(33-9-13-36-14-10-33)30-26(32-27)34-11-15-37-16-12-34/h5-8H,1-4,9-16H2,(H,28,29,35). The number of aromatic nitrogens is 5. The molecule has 5 heterocycles. The highest BCUT2D eigenvalue weighted by atomic mass is 32.1. The second-order valence-electron chi connectivity index (χ2n) is 9.85. The normalized spacial score (nSPS) is 17.8. The molecule has 0 unspecified atom stereocenters. The van der Waals surface area contributed by atoms with Crippen molar-refractivity contribution in [2.24, 2.45) is 0 Å². The van der Waals surface area contributed by atoms with Crippen molar-refractivity contribution in [3.8, 4) is 23.1 Å². The predicted molar refractivity (Wildman–Crippen MR) is 148 cm³/mol. The number of hydrogen-bond acceptors (Lipinski definition) is 11. The van der Waals surface area contributed by atoms with Crippen molar-refractivity contribution in [2.75, 3.05) is 62.4 Å². The van der Waals surface area contributed by atoms with Gasteiger partial charge in [-0.3, -0.25) is 4.79 Å². The smallest absolute Gasteiger partial charge is 0.328 e. The number of anilines is 2. The molecule has 4 aromatic rings. The van der Waals surface area contributed by atoms with Crippen LogP contribution < -0.4 is 20.1 Å². The summed E-state index contributed by atoms with van der Waals surface area (Å²) >= 11 is 1.65. The molecular weight excluding hydrogens is 518 g/mol. The van der Waals surface area contributed by atoms with Crippen molar-refractivity contribution >= 4 is 33.5 Å². The number of morpholine rings is 2. The van der Waals surface area contributed by atoms with Gasteiger partial charge in [0, 0.05) is 36.6 Å². The summed E-state index contributed by atoms with van der Waals surface area (Å²) in [6, 6.07) is 7.69. The number of hydrogen-bond donors (Lipinski definition) is 1. The first-order valence-electron chi connectivity index (χ1n) is 13.5. The molecule has 1 N–H and O–H groups in total. The van der Waals surface area contributed by atoms with E-state index in [-0.39, 0.29) is 11.6 Å². The lowest BCUT2D eigenvalue weighted by Gasteiger charge is -2.30. The Balaban J connectivity index is 1.16. The summed E-state index contributed by atoms with van der Waals surface area (Å²) in [4.78, 5) is 41.0. The summed E-state index contributed by atoms with van der Waals surface area (Å²) in [5, 5.41) is 0.764. The van der Waals surface area contributed by atoms with Crippen LogP contribution in [0.25, 0.3) is 21.6 Å². The van der Waals surface area contributed by atoms with Crippen LogP contribution in [0.1, 0.15) is 23.3 Å². The van der Waals surface area contributed by atoms with Crippen molar-refractivity contribution in [2.45, 2.75) is 25.7 Å². The number of ether oxygens (including phenoxy) is 3. The van der Waals surface area contributed by atoms with E-state index in [1.54, 1.807) is 11.3 Å². The molecule has 7 rings (SSSR count). The Kier molecular flexibility index (Phi) is 6.59. The quantitative estimate of drug-likeness (QED) is 0.399. The van der Waals surface area contributed by atoms with Gasteiger partial charge in [-0.2, -0.15) is 15.0 Å². The first kappa shape index (κ1) is 24.4. The Hall–Kier alpha value is -3.61. The van der Waals surface area contributed by atoms with Crippen molar-refractivity contribution < 1.29 is 14.2 Å². The number of aromatic amines is 1. The molecule has 12 heteroatoms. The lowest BCUT2D eigenvalue weighted by molar-refractivity contribution is 0.121. The van der Waals surface area contributed by atoms with E-state index >= 15 is 0 Å². The van der Waals surface area contributed by atoms with Crippen LogP contribution in [-0.2, 0) is 22.3 Å².